The molecule has 174 valence electrons. The number of amidine groups is 1. The van der Waals surface area contributed by atoms with Crippen LogP contribution >= 0.6 is 0 Å². The Morgan fingerprint density at radius 3 is 2.03 bits per heavy atom. The summed E-state index contributed by atoms with van der Waals surface area (Å²) in [5, 5.41) is 3.80. The third-order valence-corrected chi connectivity index (χ3v) is 6.04. The van der Waals surface area contributed by atoms with Crippen LogP contribution in [0.25, 0.3) is 0 Å². The van der Waals surface area contributed by atoms with Crippen molar-refractivity contribution in [3.63, 3.8) is 0 Å². The number of hydrogen-bond acceptors (Lipinski definition) is 2. The van der Waals surface area contributed by atoms with Crippen molar-refractivity contribution in [2.24, 2.45) is 4.99 Å². The summed E-state index contributed by atoms with van der Waals surface area (Å²) in [6.45, 7) is 14.1. The van der Waals surface area contributed by atoms with E-state index in [0.29, 0.717) is 11.8 Å². The summed E-state index contributed by atoms with van der Waals surface area (Å²) >= 11 is 0. The van der Waals surface area contributed by atoms with Gasteiger partial charge in [-0.05, 0) is 67.6 Å². The van der Waals surface area contributed by atoms with E-state index in [0.717, 1.165) is 29.3 Å². The first-order valence-electron chi connectivity index (χ1n) is 12.0. The molecule has 3 aromatic carbocycles. The lowest BCUT2D eigenvalue weighted by atomic mass is 9.97. The average molecular weight is 442 g/mol. The zero-order chi connectivity index (χ0) is 24.1. The summed E-state index contributed by atoms with van der Waals surface area (Å²) in [5.41, 5.74) is 9.62. The number of nitrogens with zero attached hydrogens (tertiary/aromatic N) is 2. The van der Waals surface area contributed by atoms with Crippen LogP contribution in [-0.2, 0) is 6.54 Å². The molecule has 3 rings (SSSR count). The van der Waals surface area contributed by atoms with Crippen LogP contribution in [0.15, 0.2) is 65.7 Å². The minimum absolute atomic E-state index is 0.395. The topological polar surface area (TPSA) is 27.6 Å². The quantitative estimate of drug-likeness (QED) is 0.299. The highest BCUT2D eigenvalue weighted by Crippen LogP contribution is 2.33. The summed E-state index contributed by atoms with van der Waals surface area (Å²) in [4.78, 5) is 7.55. The van der Waals surface area contributed by atoms with E-state index in [4.69, 9.17) is 4.99 Å². The maximum absolute atomic E-state index is 5.34. The fourth-order valence-corrected chi connectivity index (χ4v) is 4.26. The van der Waals surface area contributed by atoms with Crippen LogP contribution in [0.2, 0.25) is 0 Å². The van der Waals surface area contributed by atoms with Gasteiger partial charge in [0.05, 0.1) is 5.69 Å². The maximum atomic E-state index is 5.34. The Labute approximate surface area is 200 Å². The molecule has 3 aromatic rings. The molecule has 0 fully saturated rings. The van der Waals surface area contributed by atoms with Gasteiger partial charge in [0.25, 0.3) is 0 Å². The molecule has 0 bridgehead atoms. The third-order valence-electron chi connectivity index (χ3n) is 6.04. The first-order chi connectivity index (χ1) is 15.7. The number of para-hydroxylation sites is 2. The monoisotopic (exact) mass is 441 g/mol. The van der Waals surface area contributed by atoms with Crippen LogP contribution in [0, 0.1) is 13.8 Å². The van der Waals surface area contributed by atoms with Crippen molar-refractivity contribution in [1.29, 1.82) is 0 Å². The number of benzene rings is 3. The standard InChI is InChI=1S/C30H39N3/c1-20(2)25-17-11-13-22(5)28(25)31-30(27-16-10-9-15-24(27)19-33(7)8)32-29-23(6)14-12-18-26(29)21(3)4/h9-18,20-21H,19H2,1-8H3,(H,31,32). The summed E-state index contributed by atoms with van der Waals surface area (Å²) in [7, 11) is 4.22. The molecule has 33 heavy (non-hydrogen) atoms. The highest BCUT2D eigenvalue weighted by molar-refractivity contribution is 6.11. The maximum Gasteiger partial charge on any atom is 0.138 e. The van der Waals surface area contributed by atoms with Crippen LogP contribution in [-0.4, -0.2) is 24.8 Å². The number of anilines is 1. The first kappa shape index (κ1) is 24.7. The van der Waals surface area contributed by atoms with Crippen LogP contribution < -0.4 is 5.32 Å². The van der Waals surface area contributed by atoms with Gasteiger partial charge >= 0.3 is 0 Å². The second-order valence-electron chi connectivity index (χ2n) is 9.84. The molecule has 0 saturated carbocycles. The molecule has 0 amide bonds. The van der Waals surface area contributed by atoms with E-state index < -0.39 is 0 Å². The highest BCUT2D eigenvalue weighted by Gasteiger charge is 2.17. The van der Waals surface area contributed by atoms with Gasteiger partial charge in [-0.1, -0.05) is 88.4 Å². The molecule has 3 heteroatoms. The van der Waals surface area contributed by atoms with Crippen molar-refractivity contribution in [3.05, 3.63) is 94.0 Å². The van der Waals surface area contributed by atoms with E-state index in [-0.39, 0.29) is 0 Å². The van der Waals surface area contributed by atoms with Gasteiger partial charge in [0.15, 0.2) is 0 Å². The normalized spacial score (nSPS) is 12.2. The molecule has 3 nitrogen and oxygen atoms in total. The van der Waals surface area contributed by atoms with Gasteiger partial charge < -0.3 is 10.2 Å². The van der Waals surface area contributed by atoms with E-state index in [1.165, 1.54) is 27.8 Å². The lowest BCUT2D eigenvalue weighted by Crippen LogP contribution is -2.20. The first-order valence-corrected chi connectivity index (χ1v) is 12.0. The Kier molecular flexibility index (Phi) is 8.10. The molecule has 0 aliphatic carbocycles. The number of nitrogens with one attached hydrogen (secondary N) is 1. The second kappa shape index (κ2) is 10.8. The van der Waals surface area contributed by atoms with Gasteiger partial charge in [-0.3, -0.25) is 0 Å². The minimum Gasteiger partial charge on any atom is -0.339 e. The third kappa shape index (κ3) is 5.91. The zero-order valence-electron chi connectivity index (χ0n) is 21.5. The van der Waals surface area contributed by atoms with Crippen LogP contribution in [0.4, 0.5) is 11.4 Å². The smallest absolute Gasteiger partial charge is 0.138 e. The summed E-state index contributed by atoms with van der Waals surface area (Å²) in [6, 6.07) is 21.6. The van der Waals surface area contributed by atoms with E-state index in [9.17, 15) is 0 Å². The van der Waals surface area contributed by atoms with Crippen molar-refractivity contribution in [2.75, 3.05) is 19.4 Å². The summed E-state index contributed by atoms with van der Waals surface area (Å²) in [6.07, 6.45) is 0. The minimum atomic E-state index is 0.395. The van der Waals surface area contributed by atoms with E-state index in [1.54, 1.807) is 0 Å². The van der Waals surface area contributed by atoms with Crippen LogP contribution in [0.1, 0.15) is 72.9 Å². The van der Waals surface area contributed by atoms with Gasteiger partial charge in [-0.25, -0.2) is 4.99 Å². The van der Waals surface area contributed by atoms with E-state index >= 15 is 0 Å². The van der Waals surface area contributed by atoms with Crippen molar-refractivity contribution in [3.8, 4) is 0 Å². The lowest BCUT2D eigenvalue weighted by Gasteiger charge is -2.22. The predicted octanol–water partition coefficient (Wildman–Crippen LogP) is 7.80. The predicted molar refractivity (Wildman–Crippen MR) is 144 cm³/mol. The number of rotatable bonds is 7. The molecule has 0 unspecified atom stereocenters. The van der Waals surface area contributed by atoms with E-state index in [2.05, 4.69) is 127 Å². The van der Waals surface area contributed by atoms with Gasteiger partial charge in [-0.15, -0.1) is 0 Å². The number of aryl methyl sites for hydroxylation is 2. The molecule has 1 N–H and O–H groups in total. The largest absolute Gasteiger partial charge is 0.339 e. The van der Waals surface area contributed by atoms with E-state index in [1.807, 2.05) is 0 Å². The molecular formula is C30H39N3. The van der Waals surface area contributed by atoms with Crippen LogP contribution in [0.5, 0.6) is 0 Å². The van der Waals surface area contributed by atoms with Gasteiger partial charge in [0.1, 0.15) is 5.84 Å². The van der Waals surface area contributed by atoms with Crippen molar-refractivity contribution < 1.29 is 0 Å². The molecule has 0 spiro atoms. The zero-order valence-corrected chi connectivity index (χ0v) is 21.5. The number of hydrogen-bond donors (Lipinski definition) is 1. The molecule has 0 aromatic heterocycles. The Balaban J connectivity index is 2.27. The highest BCUT2D eigenvalue weighted by atomic mass is 15.1. The Morgan fingerprint density at radius 1 is 0.788 bits per heavy atom. The Morgan fingerprint density at radius 2 is 1.39 bits per heavy atom. The Bertz CT molecular complexity index is 1120. The lowest BCUT2D eigenvalue weighted by molar-refractivity contribution is 0.402. The average Bonchev–Trinajstić information content (AvgIpc) is 2.75. The van der Waals surface area contributed by atoms with Crippen molar-refractivity contribution in [1.82, 2.24) is 4.90 Å². The molecular weight excluding hydrogens is 402 g/mol. The SMILES string of the molecule is Cc1cccc(C(C)C)c1N=C(Nc1c(C)cccc1C(C)C)c1ccccc1CN(C)C. The number of aliphatic imine (C=N–C) groups is 1. The van der Waals surface area contributed by atoms with Crippen LogP contribution in [0.3, 0.4) is 0 Å². The molecule has 0 atom stereocenters. The van der Waals surface area contributed by atoms with Gasteiger partial charge in [-0.2, -0.15) is 0 Å². The summed E-state index contributed by atoms with van der Waals surface area (Å²) < 4.78 is 0. The molecule has 0 heterocycles. The molecule has 0 radical (unpaired) electrons. The van der Waals surface area contributed by atoms with Crippen molar-refractivity contribution in [2.45, 2.75) is 59.9 Å². The fraction of sp³-hybridized carbons (Fsp3) is 0.367. The summed E-state index contributed by atoms with van der Waals surface area (Å²) in [5.74, 6) is 1.71. The molecule has 0 saturated heterocycles. The molecule has 0 aliphatic rings. The van der Waals surface area contributed by atoms with Gasteiger partial charge in [0.2, 0.25) is 0 Å². The Hall–Kier alpha value is -2.91. The fourth-order valence-electron chi connectivity index (χ4n) is 4.26. The second-order valence-corrected chi connectivity index (χ2v) is 9.84. The van der Waals surface area contributed by atoms with Crippen molar-refractivity contribution >= 4 is 17.2 Å². The molecule has 0 aliphatic heterocycles. The van der Waals surface area contributed by atoms with Gasteiger partial charge in [0, 0.05) is 17.8 Å².